The van der Waals surface area contributed by atoms with Gasteiger partial charge in [0.05, 0.1) is 16.5 Å². The predicted octanol–water partition coefficient (Wildman–Crippen LogP) is 3.40. The van der Waals surface area contributed by atoms with Crippen molar-refractivity contribution in [3.05, 3.63) is 9.98 Å². The molecule has 4 fully saturated rings. The SMILES string of the molecule is O=C(CNC12CC3CC(CC(C3)C1)C2)Nc1ncc(Br)s1. The van der Waals surface area contributed by atoms with Gasteiger partial charge in [0.15, 0.2) is 5.13 Å². The molecule has 4 aliphatic carbocycles. The number of halogens is 1. The van der Waals surface area contributed by atoms with Crippen LogP contribution in [0.1, 0.15) is 38.5 Å². The molecule has 0 saturated heterocycles. The van der Waals surface area contributed by atoms with E-state index in [0.717, 1.165) is 21.5 Å². The van der Waals surface area contributed by atoms with Gasteiger partial charge >= 0.3 is 0 Å². The predicted molar refractivity (Wildman–Crippen MR) is 87.3 cm³/mol. The Kier molecular flexibility index (Phi) is 3.58. The lowest BCUT2D eigenvalue weighted by atomic mass is 9.53. The Bertz CT molecular complexity index is 524. The summed E-state index contributed by atoms with van der Waals surface area (Å²) >= 11 is 4.81. The van der Waals surface area contributed by atoms with Crippen LogP contribution < -0.4 is 10.6 Å². The molecule has 1 amide bonds. The first-order valence-corrected chi connectivity index (χ1v) is 9.37. The van der Waals surface area contributed by atoms with E-state index in [1.54, 1.807) is 6.20 Å². The topological polar surface area (TPSA) is 54.0 Å². The minimum atomic E-state index is 0.0209. The van der Waals surface area contributed by atoms with Gasteiger partial charge in [0.2, 0.25) is 5.91 Å². The number of hydrogen-bond acceptors (Lipinski definition) is 4. The van der Waals surface area contributed by atoms with Crippen LogP contribution in [0.25, 0.3) is 0 Å². The molecule has 21 heavy (non-hydrogen) atoms. The highest BCUT2D eigenvalue weighted by atomic mass is 79.9. The Hall–Kier alpha value is -0.460. The van der Waals surface area contributed by atoms with Crippen LogP contribution in [0.2, 0.25) is 0 Å². The van der Waals surface area contributed by atoms with Crippen LogP contribution in [0.4, 0.5) is 5.13 Å². The van der Waals surface area contributed by atoms with Crippen LogP contribution in [-0.4, -0.2) is 23.0 Å². The number of anilines is 1. The van der Waals surface area contributed by atoms with E-state index in [1.807, 2.05) is 0 Å². The van der Waals surface area contributed by atoms with E-state index in [0.29, 0.717) is 11.7 Å². The maximum absolute atomic E-state index is 12.1. The molecule has 2 N–H and O–H groups in total. The molecule has 0 unspecified atom stereocenters. The Morgan fingerprint density at radius 3 is 2.43 bits per heavy atom. The van der Waals surface area contributed by atoms with Crippen molar-refractivity contribution in [3.63, 3.8) is 0 Å². The van der Waals surface area contributed by atoms with Crippen molar-refractivity contribution in [2.24, 2.45) is 17.8 Å². The number of rotatable bonds is 4. The fraction of sp³-hybridized carbons (Fsp3) is 0.733. The average Bonchev–Trinajstić information content (AvgIpc) is 2.80. The van der Waals surface area contributed by atoms with E-state index in [4.69, 9.17) is 0 Å². The zero-order chi connectivity index (χ0) is 14.4. The van der Waals surface area contributed by atoms with Gasteiger partial charge in [0.25, 0.3) is 0 Å². The van der Waals surface area contributed by atoms with Crippen molar-refractivity contribution >= 4 is 38.3 Å². The minimum Gasteiger partial charge on any atom is -0.303 e. The number of nitrogens with zero attached hydrogens (tertiary/aromatic N) is 1. The first-order chi connectivity index (χ1) is 10.1. The van der Waals surface area contributed by atoms with Gasteiger partial charge in [-0.3, -0.25) is 4.79 Å². The number of aromatic nitrogens is 1. The minimum absolute atomic E-state index is 0.0209. The fourth-order valence-corrected chi connectivity index (χ4v) is 6.19. The van der Waals surface area contributed by atoms with Crippen LogP contribution >= 0.6 is 27.3 Å². The maximum atomic E-state index is 12.1. The Labute approximate surface area is 137 Å². The Morgan fingerprint density at radius 1 is 1.29 bits per heavy atom. The summed E-state index contributed by atoms with van der Waals surface area (Å²) in [5, 5.41) is 7.14. The summed E-state index contributed by atoms with van der Waals surface area (Å²) in [6.45, 7) is 0.406. The fourth-order valence-electron chi connectivity index (χ4n) is 5.07. The molecule has 4 aliphatic rings. The summed E-state index contributed by atoms with van der Waals surface area (Å²) in [4.78, 5) is 16.2. The quantitative estimate of drug-likeness (QED) is 0.854. The van der Waals surface area contributed by atoms with Gasteiger partial charge in [-0.05, 0) is 72.2 Å². The number of carbonyl (C=O) groups is 1. The molecule has 114 valence electrons. The third-order valence-corrected chi connectivity index (χ3v) is 6.78. The Morgan fingerprint density at radius 2 is 1.90 bits per heavy atom. The monoisotopic (exact) mass is 369 g/mol. The lowest BCUT2D eigenvalue weighted by molar-refractivity contribution is -0.116. The third-order valence-electron chi connectivity index (χ3n) is 5.39. The summed E-state index contributed by atoms with van der Waals surface area (Å²) in [7, 11) is 0. The van der Waals surface area contributed by atoms with Crippen molar-refractivity contribution < 1.29 is 4.79 Å². The van der Waals surface area contributed by atoms with Crippen molar-refractivity contribution in [3.8, 4) is 0 Å². The largest absolute Gasteiger partial charge is 0.303 e. The van der Waals surface area contributed by atoms with Crippen molar-refractivity contribution in [2.45, 2.75) is 44.1 Å². The van der Waals surface area contributed by atoms with Crippen molar-refractivity contribution in [1.82, 2.24) is 10.3 Å². The molecule has 5 rings (SSSR count). The van der Waals surface area contributed by atoms with Gasteiger partial charge in [-0.2, -0.15) is 0 Å². The number of thiazole rings is 1. The van der Waals surface area contributed by atoms with E-state index in [1.165, 1.54) is 49.9 Å². The van der Waals surface area contributed by atoms with E-state index in [2.05, 4.69) is 31.5 Å². The van der Waals surface area contributed by atoms with Gasteiger partial charge in [0, 0.05) is 5.54 Å². The molecular weight excluding hydrogens is 350 g/mol. The standard InChI is InChI=1S/C15H20BrN3OS/c16-12-7-17-14(21-12)19-13(20)8-18-15-4-9-1-10(5-15)3-11(2-9)6-15/h7,9-11,18H,1-6,8H2,(H,17,19,20). The normalized spacial score (nSPS) is 36.9. The molecule has 0 radical (unpaired) electrons. The molecule has 0 aliphatic heterocycles. The molecule has 1 aromatic heterocycles. The van der Waals surface area contributed by atoms with Crippen LogP contribution in [-0.2, 0) is 4.79 Å². The lowest BCUT2D eigenvalue weighted by Gasteiger charge is -2.57. The number of nitrogens with one attached hydrogen (secondary N) is 2. The molecule has 1 heterocycles. The smallest absolute Gasteiger partial charge is 0.240 e. The summed E-state index contributed by atoms with van der Waals surface area (Å²) < 4.78 is 0.937. The first-order valence-electron chi connectivity index (χ1n) is 7.76. The zero-order valence-electron chi connectivity index (χ0n) is 11.9. The van der Waals surface area contributed by atoms with Crippen LogP contribution in [0.3, 0.4) is 0 Å². The van der Waals surface area contributed by atoms with E-state index in [-0.39, 0.29) is 11.4 Å². The number of hydrogen-bond donors (Lipinski definition) is 2. The van der Waals surface area contributed by atoms with Crippen molar-refractivity contribution in [1.29, 1.82) is 0 Å². The Balaban J connectivity index is 1.35. The van der Waals surface area contributed by atoms with Gasteiger partial charge in [-0.25, -0.2) is 4.98 Å². The summed E-state index contributed by atoms with van der Waals surface area (Å²) in [6.07, 6.45) is 9.83. The number of carbonyl (C=O) groups excluding carboxylic acids is 1. The van der Waals surface area contributed by atoms with Gasteiger partial charge < -0.3 is 10.6 Å². The highest BCUT2D eigenvalue weighted by Gasteiger charge is 2.50. The molecule has 0 spiro atoms. The van der Waals surface area contributed by atoms with E-state index >= 15 is 0 Å². The van der Waals surface area contributed by atoms with E-state index < -0.39 is 0 Å². The second kappa shape index (κ2) is 5.32. The van der Waals surface area contributed by atoms with Crippen molar-refractivity contribution in [2.75, 3.05) is 11.9 Å². The molecule has 0 aromatic carbocycles. The molecule has 1 aromatic rings. The lowest BCUT2D eigenvalue weighted by Crippen LogP contribution is -2.59. The first kappa shape index (κ1) is 14.2. The van der Waals surface area contributed by atoms with Crippen LogP contribution in [0.5, 0.6) is 0 Å². The third kappa shape index (κ3) is 2.90. The van der Waals surface area contributed by atoms with Crippen LogP contribution in [0, 0.1) is 17.8 Å². The van der Waals surface area contributed by atoms with Crippen LogP contribution in [0.15, 0.2) is 9.98 Å². The summed E-state index contributed by atoms with van der Waals surface area (Å²) in [5.41, 5.74) is 0.246. The average molecular weight is 370 g/mol. The van der Waals surface area contributed by atoms with Gasteiger partial charge in [-0.1, -0.05) is 11.3 Å². The van der Waals surface area contributed by atoms with Gasteiger partial charge in [0.1, 0.15) is 0 Å². The maximum Gasteiger partial charge on any atom is 0.240 e. The highest BCUT2D eigenvalue weighted by molar-refractivity contribution is 9.11. The summed E-state index contributed by atoms with van der Waals surface area (Å²) in [6, 6.07) is 0. The number of amides is 1. The molecular formula is C15H20BrN3OS. The molecule has 6 heteroatoms. The molecule has 4 nitrogen and oxygen atoms in total. The second-order valence-corrected chi connectivity index (χ2v) is 9.48. The molecule has 0 atom stereocenters. The van der Waals surface area contributed by atoms with Gasteiger partial charge in [-0.15, -0.1) is 0 Å². The summed E-state index contributed by atoms with van der Waals surface area (Å²) in [5.74, 6) is 2.73. The highest BCUT2D eigenvalue weighted by Crippen LogP contribution is 2.55. The zero-order valence-corrected chi connectivity index (χ0v) is 14.3. The second-order valence-electron chi connectivity index (χ2n) is 7.07. The molecule has 4 bridgehead atoms. The molecule has 4 saturated carbocycles. The van der Waals surface area contributed by atoms with E-state index in [9.17, 15) is 4.79 Å².